The highest BCUT2D eigenvalue weighted by atomic mass is 35.5. The fourth-order valence-electron chi connectivity index (χ4n) is 2.37. The third-order valence-corrected chi connectivity index (χ3v) is 4.91. The molecular weight excluding hydrogens is 391 g/mol. The number of amides is 1. The number of aryl methyl sites for hydroxylation is 1. The summed E-state index contributed by atoms with van der Waals surface area (Å²) in [7, 11) is 1.45. The lowest BCUT2D eigenvalue weighted by Gasteiger charge is -2.10. The summed E-state index contributed by atoms with van der Waals surface area (Å²) in [5.74, 6) is -0.419. The van der Waals surface area contributed by atoms with Crippen molar-refractivity contribution in [1.82, 2.24) is 19.7 Å². The minimum absolute atomic E-state index is 0.0855. The number of benzene rings is 1. The second kappa shape index (κ2) is 7.98. The summed E-state index contributed by atoms with van der Waals surface area (Å²) in [6.45, 7) is 1.95. The molecule has 0 fully saturated rings. The van der Waals surface area contributed by atoms with Crippen molar-refractivity contribution in [2.75, 3.05) is 7.05 Å². The fourth-order valence-corrected chi connectivity index (χ4v) is 3.39. The van der Waals surface area contributed by atoms with Gasteiger partial charge in [0.25, 0.3) is 0 Å². The van der Waals surface area contributed by atoms with Crippen LogP contribution in [-0.4, -0.2) is 37.9 Å². The molecule has 3 aromatic rings. The number of carbonyl (C=O) groups is 1. The lowest BCUT2D eigenvalue weighted by Crippen LogP contribution is -2.24. The quantitative estimate of drug-likeness (QED) is 0.625. The number of pyridine rings is 1. The first-order valence-electron chi connectivity index (χ1n) is 7.92. The van der Waals surface area contributed by atoms with Gasteiger partial charge in [0.15, 0.2) is 0 Å². The molecule has 0 aliphatic rings. The molecule has 27 heavy (non-hydrogen) atoms. The van der Waals surface area contributed by atoms with Crippen molar-refractivity contribution < 1.29 is 14.3 Å². The molecule has 1 aromatic carbocycles. The molecule has 0 saturated heterocycles. The molecule has 0 aliphatic carbocycles. The summed E-state index contributed by atoms with van der Waals surface area (Å²) in [5, 5.41) is 14.5. The summed E-state index contributed by atoms with van der Waals surface area (Å²) in [4.78, 5) is 17.0. The number of carboxylic acid groups (broad SMARTS) is 1. The Morgan fingerprint density at radius 3 is 2.78 bits per heavy atom. The zero-order valence-electron chi connectivity index (χ0n) is 14.6. The summed E-state index contributed by atoms with van der Waals surface area (Å²) in [5.41, 5.74) is 1.68. The molecule has 0 atom stereocenters. The zero-order valence-corrected chi connectivity index (χ0v) is 16.1. The van der Waals surface area contributed by atoms with Crippen LogP contribution >= 0.6 is 23.4 Å². The third kappa shape index (κ3) is 4.58. The first-order valence-corrected chi connectivity index (χ1v) is 9.12. The van der Waals surface area contributed by atoms with Crippen molar-refractivity contribution in [3.63, 3.8) is 0 Å². The summed E-state index contributed by atoms with van der Waals surface area (Å²) < 4.78 is 15.9. The van der Waals surface area contributed by atoms with Crippen molar-refractivity contribution >= 4 is 29.5 Å². The van der Waals surface area contributed by atoms with Crippen LogP contribution in [0, 0.1) is 12.7 Å². The predicted molar refractivity (Wildman–Crippen MR) is 101 cm³/mol. The Kier molecular flexibility index (Phi) is 5.67. The molecule has 0 unspecified atom stereocenters. The number of rotatable bonds is 5. The van der Waals surface area contributed by atoms with Crippen LogP contribution in [0.3, 0.4) is 0 Å². The molecule has 0 saturated carbocycles. The number of aromatic nitrogens is 3. The van der Waals surface area contributed by atoms with E-state index in [9.17, 15) is 9.18 Å². The SMILES string of the molecule is Cc1ccc(F)c(-n2nc(CN(C)C(=O)O)cc2Sc2ccc(Cl)nc2)c1. The van der Waals surface area contributed by atoms with Gasteiger partial charge in [-0.25, -0.2) is 18.9 Å². The van der Waals surface area contributed by atoms with Crippen LogP contribution in [0.15, 0.2) is 52.5 Å². The van der Waals surface area contributed by atoms with Crippen LogP contribution in [0.1, 0.15) is 11.3 Å². The van der Waals surface area contributed by atoms with E-state index in [1.165, 1.54) is 29.6 Å². The molecule has 6 nitrogen and oxygen atoms in total. The average Bonchev–Trinajstić information content (AvgIpc) is 3.01. The molecule has 2 heterocycles. The highest BCUT2D eigenvalue weighted by Crippen LogP contribution is 2.31. The predicted octanol–water partition coefficient (Wildman–Crippen LogP) is 4.63. The maximum Gasteiger partial charge on any atom is 0.407 e. The second-order valence-electron chi connectivity index (χ2n) is 5.90. The summed E-state index contributed by atoms with van der Waals surface area (Å²) in [6, 6.07) is 9.95. The largest absolute Gasteiger partial charge is 0.465 e. The van der Waals surface area contributed by atoms with Gasteiger partial charge in [-0.1, -0.05) is 29.4 Å². The number of hydrogen-bond donors (Lipinski definition) is 1. The van der Waals surface area contributed by atoms with E-state index in [1.807, 2.05) is 6.92 Å². The minimum Gasteiger partial charge on any atom is -0.465 e. The van der Waals surface area contributed by atoms with E-state index in [0.29, 0.717) is 21.6 Å². The van der Waals surface area contributed by atoms with Gasteiger partial charge in [0.2, 0.25) is 0 Å². The van der Waals surface area contributed by atoms with Gasteiger partial charge >= 0.3 is 6.09 Å². The molecule has 140 valence electrons. The van der Waals surface area contributed by atoms with Gasteiger partial charge in [0.05, 0.1) is 12.2 Å². The average molecular weight is 407 g/mol. The van der Waals surface area contributed by atoms with E-state index in [2.05, 4.69) is 10.1 Å². The Morgan fingerprint density at radius 2 is 2.11 bits per heavy atom. The van der Waals surface area contributed by atoms with E-state index < -0.39 is 11.9 Å². The van der Waals surface area contributed by atoms with Crippen LogP contribution in [0.5, 0.6) is 0 Å². The van der Waals surface area contributed by atoms with Gasteiger partial charge in [-0.2, -0.15) is 5.10 Å². The first-order chi connectivity index (χ1) is 12.8. The van der Waals surface area contributed by atoms with E-state index >= 15 is 0 Å². The van der Waals surface area contributed by atoms with Crippen molar-refractivity contribution in [3.05, 3.63) is 64.8 Å². The lowest BCUT2D eigenvalue weighted by molar-refractivity contribution is 0.153. The topological polar surface area (TPSA) is 71.2 Å². The van der Waals surface area contributed by atoms with Crippen molar-refractivity contribution in [1.29, 1.82) is 0 Å². The van der Waals surface area contributed by atoms with Crippen molar-refractivity contribution in [2.45, 2.75) is 23.4 Å². The molecule has 1 amide bonds. The minimum atomic E-state index is -1.07. The highest BCUT2D eigenvalue weighted by molar-refractivity contribution is 7.99. The Morgan fingerprint density at radius 1 is 1.33 bits per heavy atom. The van der Waals surface area contributed by atoms with Gasteiger partial charge in [0, 0.05) is 18.1 Å². The smallest absolute Gasteiger partial charge is 0.407 e. The van der Waals surface area contributed by atoms with Crippen LogP contribution < -0.4 is 0 Å². The first kappa shape index (κ1) is 19.2. The highest BCUT2D eigenvalue weighted by Gasteiger charge is 2.17. The Labute approximate surface area is 164 Å². The van der Waals surface area contributed by atoms with E-state index in [0.717, 1.165) is 15.4 Å². The Balaban J connectivity index is 2.03. The molecule has 3 rings (SSSR count). The zero-order chi connectivity index (χ0) is 19.6. The maximum atomic E-state index is 14.4. The summed E-state index contributed by atoms with van der Waals surface area (Å²) in [6.07, 6.45) is 0.544. The lowest BCUT2D eigenvalue weighted by atomic mass is 10.2. The van der Waals surface area contributed by atoms with Crippen LogP contribution in [0.4, 0.5) is 9.18 Å². The Bertz CT molecular complexity index is 978. The number of halogens is 2. The maximum absolute atomic E-state index is 14.4. The van der Waals surface area contributed by atoms with Gasteiger partial charge < -0.3 is 10.0 Å². The standard InChI is InChI=1S/C18H16ClFN4O2S/c1-11-3-5-14(20)15(7-11)24-17(27-13-4-6-16(19)21-9-13)8-12(22-24)10-23(2)18(25)26/h3-9H,10H2,1-2H3,(H,25,26). The fraction of sp³-hybridized carbons (Fsp3) is 0.167. The van der Waals surface area contributed by atoms with Gasteiger partial charge in [-0.15, -0.1) is 0 Å². The van der Waals surface area contributed by atoms with E-state index in [-0.39, 0.29) is 6.54 Å². The normalized spacial score (nSPS) is 10.8. The molecule has 9 heteroatoms. The third-order valence-electron chi connectivity index (χ3n) is 3.71. The summed E-state index contributed by atoms with van der Waals surface area (Å²) >= 11 is 7.16. The second-order valence-corrected chi connectivity index (χ2v) is 7.38. The monoisotopic (exact) mass is 406 g/mol. The number of hydrogen-bond acceptors (Lipinski definition) is 4. The van der Waals surface area contributed by atoms with Crippen molar-refractivity contribution in [3.8, 4) is 5.69 Å². The molecule has 0 aliphatic heterocycles. The van der Waals surface area contributed by atoms with Crippen LogP contribution in [0.25, 0.3) is 5.69 Å². The Hall–Kier alpha value is -2.58. The van der Waals surface area contributed by atoms with Crippen LogP contribution in [0.2, 0.25) is 5.15 Å². The van der Waals surface area contributed by atoms with Gasteiger partial charge in [-0.3, -0.25) is 0 Å². The van der Waals surface area contributed by atoms with E-state index in [1.54, 1.807) is 36.5 Å². The molecule has 0 bridgehead atoms. The number of nitrogens with zero attached hydrogens (tertiary/aromatic N) is 4. The van der Waals surface area contributed by atoms with Gasteiger partial charge in [-0.05, 0) is 42.8 Å². The van der Waals surface area contributed by atoms with Crippen LogP contribution in [-0.2, 0) is 6.54 Å². The molecule has 2 aromatic heterocycles. The molecule has 1 N–H and O–H groups in total. The van der Waals surface area contributed by atoms with Crippen molar-refractivity contribution in [2.24, 2.45) is 0 Å². The molecule has 0 spiro atoms. The van der Waals surface area contributed by atoms with Gasteiger partial charge in [0.1, 0.15) is 21.7 Å². The molecule has 0 radical (unpaired) electrons. The van der Waals surface area contributed by atoms with E-state index in [4.69, 9.17) is 16.7 Å². The molecular formula is C18H16ClFN4O2S.